The Morgan fingerprint density at radius 3 is 2.89 bits per heavy atom. The highest BCUT2D eigenvalue weighted by Gasteiger charge is 2.24. The van der Waals surface area contributed by atoms with Gasteiger partial charge in [0.05, 0.1) is 12.9 Å². The van der Waals surface area contributed by atoms with Gasteiger partial charge in [0.15, 0.2) is 0 Å². The van der Waals surface area contributed by atoms with Crippen LogP contribution in [0, 0.1) is 0 Å². The van der Waals surface area contributed by atoms with E-state index in [-0.39, 0.29) is 12.2 Å². The van der Waals surface area contributed by atoms with Crippen LogP contribution in [0.25, 0.3) is 0 Å². The average Bonchev–Trinajstić information content (AvgIpc) is 1.90. The molecule has 1 aliphatic heterocycles. The van der Waals surface area contributed by atoms with Crippen LogP contribution in [0.1, 0.15) is 19.8 Å². The van der Waals surface area contributed by atoms with Crippen molar-refractivity contribution in [2.45, 2.75) is 25.4 Å². The summed E-state index contributed by atoms with van der Waals surface area (Å²) in [7, 11) is 0. The highest BCUT2D eigenvalue weighted by Crippen LogP contribution is 2.21. The smallest absolute Gasteiger partial charge is 0.128 e. The first-order chi connectivity index (χ1) is 4.27. The minimum absolute atomic E-state index is 0.108. The molecule has 0 radical (unpaired) electrons. The summed E-state index contributed by atoms with van der Waals surface area (Å²) >= 11 is 0. The van der Waals surface area contributed by atoms with Crippen LogP contribution in [0.5, 0.6) is 0 Å². The van der Waals surface area contributed by atoms with Crippen molar-refractivity contribution in [3.05, 3.63) is 12.3 Å². The van der Waals surface area contributed by atoms with Gasteiger partial charge in [0.1, 0.15) is 5.60 Å². The van der Waals surface area contributed by atoms with Gasteiger partial charge in [-0.15, -0.1) is 0 Å². The number of aliphatic hydroxyl groups is 1. The lowest BCUT2D eigenvalue weighted by Crippen LogP contribution is -2.32. The van der Waals surface area contributed by atoms with Crippen molar-refractivity contribution in [3.63, 3.8) is 0 Å². The van der Waals surface area contributed by atoms with Gasteiger partial charge in [-0.1, -0.05) is 0 Å². The second-order valence-electron chi connectivity index (χ2n) is 2.64. The molecule has 0 aliphatic carbocycles. The standard InChI is InChI=1S/C7H12O2/c1-7(6-8)4-2-3-5-9-7/h3,5,8H,2,4,6H2,1H3. The van der Waals surface area contributed by atoms with E-state index in [0.717, 1.165) is 12.8 Å². The highest BCUT2D eigenvalue weighted by molar-refractivity contribution is 4.89. The van der Waals surface area contributed by atoms with Crippen molar-refractivity contribution in [2.75, 3.05) is 6.61 Å². The fourth-order valence-electron chi connectivity index (χ4n) is 0.844. The van der Waals surface area contributed by atoms with Crippen LogP contribution in [0.3, 0.4) is 0 Å². The van der Waals surface area contributed by atoms with E-state index in [4.69, 9.17) is 9.84 Å². The number of rotatable bonds is 1. The molecule has 52 valence electrons. The summed E-state index contributed by atoms with van der Waals surface area (Å²) in [5.41, 5.74) is -0.311. The summed E-state index contributed by atoms with van der Waals surface area (Å²) < 4.78 is 5.18. The third-order valence-electron chi connectivity index (χ3n) is 1.62. The number of hydrogen-bond donors (Lipinski definition) is 1. The Balaban J connectivity index is 2.50. The molecule has 1 N–H and O–H groups in total. The number of hydrogen-bond acceptors (Lipinski definition) is 2. The maximum atomic E-state index is 8.79. The molecule has 1 heterocycles. The van der Waals surface area contributed by atoms with E-state index < -0.39 is 0 Å². The molecule has 1 aliphatic rings. The molecule has 1 unspecified atom stereocenters. The van der Waals surface area contributed by atoms with E-state index in [0.29, 0.717) is 0 Å². The molecule has 2 nitrogen and oxygen atoms in total. The van der Waals surface area contributed by atoms with E-state index in [2.05, 4.69) is 0 Å². The van der Waals surface area contributed by atoms with Gasteiger partial charge >= 0.3 is 0 Å². The minimum Gasteiger partial charge on any atom is -0.493 e. The molecule has 0 aromatic heterocycles. The van der Waals surface area contributed by atoms with E-state index in [9.17, 15) is 0 Å². The lowest BCUT2D eigenvalue weighted by Gasteiger charge is -2.28. The van der Waals surface area contributed by atoms with E-state index >= 15 is 0 Å². The summed E-state index contributed by atoms with van der Waals surface area (Å²) in [4.78, 5) is 0. The Labute approximate surface area is 55.1 Å². The Bertz CT molecular complexity index is 120. The van der Waals surface area contributed by atoms with Crippen LogP contribution in [-0.4, -0.2) is 17.3 Å². The molecule has 0 spiro atoms. The number of allylic oxidation sites excluding steroid dienone is 1. The van der Waals surface area contributed by atoms with Crippen molar-refractivity contribution in [3.8, 4) is 0 Å². The number of aliphatic hydroxyl groups excluding tert-OH is 1. The van der Waals surface area contributed by atoms with E-state index in [1.165, 1.54) is 0 Å². The summed E-state index contributed by atoms with van der Waals surface area (Å²) in [6, 6.07) is 0. The minimum atomic E-state index is -0.311. The first-order valence-electron chi connectivity index (χ1n) is 3.20. The third-order valence-corrected chi connectivity index (χ3v) is 1.62. The van der Waals surface area contributed by atoms with Crippen LogP contribution in [-0.2, 0) is 4.74 Å². The zero-order valence-corrected chi connectivity index (χ0v) is 5.63. The van der Waals surface area contributed by atoms with Crippen molar-refractivity contribution in [2.24, 2.45) is 0 Å². The third kappa shape index (κ3) is 1.45. The van der Waals surface area contributed by atoms with Gasteiger partial charge < -0.3 is 9.84 Å². The Kier molecular flexibility index (Phi) is 1.76. The Morgan fingerprint density at radius 2 is 2.56 bits per heavy atom. The molecule has 1 atom stereocenters. The molecule has 9 heavy (non-hydrogen) atoms. The van der Waals surface area contributed by atoms with Crippen molar-refractivity contribution in [1.82, 2.24) is 0 Å². The van der Waals surface area contributed by atoms with Crippen LogP contribution >= 0.6 is 0 Å². The largest absolute Gasteiger partial charge is 0.493 e. The first kappa shape index (κ1) is 6.62. The summed E-state index contributed by atoms with van der Waals surface area (Å²) in [6.45, 7) is 2.02. The zero-order chi connectivity index (χ0) is 6.74. The normalized spacial score (nSPS) is 34.0. The zero-order valence-electron chi connectivity index (χ0n) is 5.63. The molecule has 0 amide bonds. The van der Waals surface area contributed by atoms with Gasteiger partial charge in [0, 0.05) is 0 Å². The predicted octanol–water partition coefficient (Wildman–Crippen LogP) is 1.06. The lowest BCUT2D eigenvalue weighted by atomic mass is 10.00. The molecule has 1 rings (SSSR count). The molecule has 0 saturated carbocycles. The maximum Gasteiger partial charge on any atom is 0.128 e. The monoisotopic (exact) mass is 128 g/mol. The van der Waals surface area contributed by atoms with Crippen LogP contribution < -0.4 is 0 Å². The SMILES string of the molecule is CC1(CO)CCC=CO1. The topological polar surface area (TPSA) is 29.5 Å². The lowest BCUT2D eigenvalue weighted by molar-refractivity contribution is -0.0254. The maximum absolute atomic E-state index is 8.79. The van der Waals surface area contributed by atoms with E-state index in [1.807, 2.05) is 13.0 Å². The van der Waals surface area contributed by atoms with Crippen molar-refractivity contribution in [1.29, 1.82) is 0 Å². The molecular weight excluding hydrogens is 116 g/mol. The molecule has 0 bridgehead atoms. The Morgan fingerprint density at radius 1 is 1.78 bits per heavy atom. The molecule has 2 heteroatoms. The second-order valence-corrected chi connectivity index (χ2v) is 2.64. The van der Waals surface area contributed by atoms with Crippen LogP contribution in [0.4, 0.5) is 0 Å². The molecule has 0 saturated heterocycles. The van der Waals surface area contributed by atoms with Crippen LogP contribution in [0.2, 0.25) is 0 Å². The van der Waals surface area contributed by atoms with Gasteiger partial charge in [0.2, 0.25) is 0 Å². The van der Waals surface area contributed by atoms with Gasteiger partial charge in [-0.2, -0.15) is 0 Å². The summed E-state index contributed by atoms with van der Waals surface area (Å²) in [6.07, 6.45) is 5.56. The fourth-order valence-corrected chi connectivity index (χ4v) is 0.844. The second kappa shape index (κ2) is 2.40. The van der Waals surface area contributed by atoms with Crippen LogP contribution in [0.15, 0.2) is 12.3 Å². The van der Waals surface area contributed by atoms with Gasteiger partial charge in [-0.25, -0.2) is 0 Å². The number of ether oxygens (including phenoxy) is 1. The highest BCUT2D eigenvalue weighted by atomic mass is 16.5. The van der Waals surface area contributed by atoms with E-state index in [1.54, 1.807) is 6.26 Å². The molecule has 0 aromatic rings. The van der Waals surface area contributed by atoms with Crippen molar-refractivity contribution >= 4 is 0 Å². The quantitative estimate of drug-likeness (QED) is 0.572. The van der Waals surface area contributed by atoms with Gasteiger partial charge in [0.25, 0.3) is 0 Å². The van der Waals surface area contributed by atoms with Gasteiger partial charge in [-0.3, -0.25) is 0 Å². The summed E-state index contributed by atoms with van der Waals surface area (Å²) in [5, 5.41) is 8.79. The van der Waals surface area contributed by atoms with Crippen molar-refractivity contribution < 1.29 is 9.84 Å². The summed E-state index contributed by atoms with van der Waals surface area (Å²) in [5.74, 6) is 0. The predicted molar refractivity (Wildman–Crippen MR) is 34.9 cm³/mol. The molecular formula is C7H12O2. The molecule has 0 fully saturated rings. The first-order valence-corrected chi connectivity index (χ1v) is 3.20. The fraction of sp³-hybridized carbons (Fsp3) is 0.714. The average molecular weight is 128 g/mol. The Hall–Kier alpha value is -0.500. The molecule has 0 aromatic carbocycles. The van der Waals surface area contributed by atoms with Gasteiger partial charge in [-0.05, 0) is 25.8 Å².